The maximum atomic E-state index is 13.5. The second-order valence-electron chi connectivity index (χ2n) is 7.20. The normalized spacial score (nSPS) is 12.0. The molecular weight excluding hydrogens is 433 g/mol. The Morgan fingerprint density at radius 1 is 0.968 bits per heavy atom. The van der Waals surface area contributed by atoms with Gasteiger partial charge in [0.15, 0.2) is 5.69 Å². The molecular formula is C24H19Cl2N3O2. The van der Waals surface area contributed by atoms with Gasteiger partial charge in [0.1, 0.15) is 0 Å². The van der Waals surface area contributed by atoms with Crippen LogP contribution in [0.2, 0.25) is 10.0 Å². The van der Waals surface area contributed by atoms with Crippen LogP contribution in [0.3, 0.4) is 0 Å². The van der Waals surface area contributed by atoms with Crippen LogP contribution >= 0.6 is 23.2 Å². The Morgan fingerprint density at radius 2 is 1.61 bits per heavy atom. The van der Waals surface area contributed by atoms with E-state index < -0.39 is 0 Å². The van der Waals surface area contributed by atoms with Crippen LogP contribution in [0.1, 0.15) is 29.0 Å². The molecule has 7 heteroatoms. The van der Waals surface area contributed by atoms with E-state index in [1.807, 2.05) is 25.1 Å². The van der Waals surface area contributed by atoms with Crippen molar-refractivity contribution in [2.75, 3.05) is 7.05 Å². The summed E-state index contributed by atoms with van der Waals surface area (Å²) in [5, 5.41) is 6.40. The number of para-hydroxylation sites is 1. The average molecular weight is 452 g/mol. The third-order valence-corrected chi connectivity index (χ3v) is 5.88. The van der Waals surface area contributed by atoms with Crippen molar-refractivity contribution >= 4 is 39.9 Å². The van der Waals surface area contributed by atoms with Crippen LogP contribution in [-0.4, -0.2) is 27.6 Å². The molecule has 1 atom stereocenters. The fraction of sp³-hybridized carbons (Fsp3) is 0.125. The van der Waals surface area contributed by atoms with E-state index in [-0.39, 0.29) is 23.2 Å². The Kier molecular flexibility index (Phi) is 5.81. The van der Waals surface area contributed by atoms with E-state index in [9.17, 15) is 9.59 Å². The van der Waals surface area contributed by atoms with Crippen molar-refractivity contribution in [3.63, 3.8) is 0 Å². The highest BCUT2D eigenvalue weighted by atomic mass is 35.5. The van der Waals surface area contributed by atoms with Gasteiger partial charge < -0.3 is 4.90 Å². The molecule has 0 aliphatic rings. The summed E-state index contributed by atoms with van der Waals surface area (Å²) < 4.78 is 1.27. The van der Waals surface area contributed by atoms with Gasteiger partial charge in [-0.05, 0) is 42.8 Å². The molecule has 5 nitrogen and oxygen atoms in total. The molecule has 0 aliphatic heterocycles. The summed E-state index contributed by atoms with van der Waals surface area (Å²) >= 11 is 12.4. The van der Waals surface area contributed by atoms with Gasteiger partial charge >= 0.3 is 0 Å². The molecule has 3 aromatic carbocycles. The number of carbonyl (C=O) groups is 1. The third kappa shape index (κ3) is 3.94. The van der Waals surface area contributed by atoms with Crippen molar-refractivity contribution in [2.45, 2.75) is 13.0 Å². The van der Waals surface area contributed by atoms with Gasteiger partial charge in [-0.3, -0.25) is 9.59 Å². The molecule has 4 aromatic rings. The summed E-state index contributed by atoms with van der Waals surface area (Å²) in [6.07, 6.45) is 0. The zero-order valence-electron chi connectivity index (χ0n) is 16.9. The summed E-state index contributed by atoms with van der Waals surface area (Å²) in [5.41, 5.74) is 1.26. The highest BCUT2D eigenvalue weighted by Gasteiger charge is 2.25. The predicted octanol–water partition coefficient (Wildman–Crippen LogP) is 5.53. The van der Waals surface area contributed by atoms with Gasteiger partial charge in [-0.2, -0.15) is 9.78 Å². The number of hydrogen-bond acceptors (Lipinski definition) is 3. The number of aromatic nitrogens is 2. The van der Waals surface area contributed by atoms with Crippen LogP contribution in [0.25, 0.3) is 16.5 Å². The lowest BCUT2D eigenvalue weighted by atomic mass is 10.1. The second kappa shape index (κ2) is 8.53. The quantitative estimate of drug-likeness (QED) is 0.410. The first-order valence-corrected chi connectivity index (χ1v) is 10.4. The van der Waals surface area contributed by atoms with E-state index in [2.05, 4.69) is 5.10 Å². The van der Waals surface area contributed by atoms with Gasteiger partial charge in [0.05, 0.1) is 17.1 Å². The molecule has 31 heavy (non-hydrogen) atoms. The molecule has 0 bridgehead atoms. The molecule has 1 unspecified atom stereocenters. The Hall–Kier alpha value is -3.15. The van der Waals surface area contributed by atoms with Crippen molar-refractivity contribution in [1.82, 2.24) is 14.7 Å². The molecule has 0 radical (unpaired) electrons. The number of nitrogens with zero attached hydrogens (tertiary/aromatic N) is 3. The van der Waals surface area contributed by atoms with Gasteiger partial charge in [0, 0.05) is 22.5 Å². The Bertz CT molecular complexity index is 1340. The highest BCUT2D eigenvalue weighted by Crippen LogP contribution is 2.30. The number of rotatable bonds is 4. The van der Waals surface area contributed by atoms with Crippen LogP contribution in [0, 0.1) is 0 Å². The van der Waals surface area contributed by atoms with Crippen molar-refractivity contribution in [1.29, 1.82) is 0 Å². The lowest BCUT2D eigenvalue weighted by molar-refractivity contribution is 0.0737. The van der Waals surface area contributed by atoms with Crippen LogP contribution in [0.5, 0.6) is 0 Å². The fourth-order valence-electron chi connectivity index (χ4n) is 3.48. The van der Waals surface area contributed by atoms with E-state index in [4.69, 9.17) is 23.2 Å². The molecule has 0 saturated heterocycles. The van der Waals surface area contributed by atoms with Crippen LogP contribution in [0.4, 0.5) is 0 Å². The smallest absolute Gasteiger partial charge is 0.279 e. The van der Waals surface area contributed by atoms with Gasteiger partial charge in [-0.1, -0.05) is 65.7 Å². The molecule has 1 aromatic heterocycles. The monoisotopic (exact) mass is 451 g/mol. The Morgan fingerprint density at radius 3 is 2.29 bits per heavy atom. The second-order valence-corrected chi connectivity index (χ2v) is 8.05. The van der Waals surface area contributed by atoms with Gasteiger partial charge in [0.25, 0.3) is 11.5 Å². The fourth-order valence-corrected chi connectivity index (χ4v) is 4.05. The molecule has 1 amide bonds. The first-order valence-electron chi connectivity index (χ1n) is 9.68. The SMILES string of the molecule is CC(c1ccc(Cl)cc1Cl)N(C)C(=O)c1nn(-c2ccccc2)c(=O)c2ccccc12. The zero-order valence-corrected chi connectivity index (χ0v) is 18.4. The minimum Gasteiger partial charge on any atom is -0.333 e. The summed E-state index contributed by atoms with van der Waals surface area (Å²) in [6.45, 7) is 1.88. The maximum Gasteiger partial charge on any atom is 0.279 e. The van der Waals surface area contributed by atoms with Crippen LogP contribution < -0.4 is 5.56 Å². The number of carbonyl (C=O) groups excluding carboxylic acids is 1. The first kappa shape index (κ1) is 21.1. The standard InChI is InChI=1S/C24H19Cl2N3O2/c1-15(18-13-12-16(25)14-21(18)26)28(2)24(31)22-19-10-6-7-11-20(19)23(30)29(27-22)17-8-4-3-5-9-17/h3-15H,1-2H3. The van der Waals surface area contributed by atoms with E-state index in [1.165, 1.54) is 4.68 Å². The number of fused-ring (bicyclic) bond motifs is 1. The average Bonchev–Trinajstić information content (AvgIpc) is 2.79. The minimum absolute atomic E-state index is 0.193. The summed E-state index contributed by atoms with van der Waals surface area (Å²) in [7, 11) is 1.69. The molecule has 0 N–H and O–H groups in total. The highest BCUT2D eigenvalue weighted by molar-refractivity contribution is 6.35. The van der Waals surface area contributed by atoms with E-state index in [0.717, 1.165) is 5.56 Å². The molecule has 156 valence electrons. The van der Waals surface area contributed by atoms with Crippen LogP contribution in [0.15, 0.2) is 77.6 Å². The van der Waals surface area contributed by atoms with Crippen molar-refractivity contribution in [3.8, 4) is 5.69 Å². The summed E-state index contributed by atoms with van der Waals surface area (Å²) in [5.74, 6) is -0.320. The number of halogens is 2. The Balaban J connectivity index is 1.84. The summed E-state index contributed by atoms with van der Waals surface area (Å²) in [6, 6.07) is 20.9. The van der Waals surface area contributed by atoms with Gasteiger partial charge in [-0.25, -0.2) is 0 Å². The van der Waals surface area contributed by atoms with Gasteiger partial charge in [-0.15, -0.1) is 0 Å². The van der Waals surface area contributed by atoms with Crippen molar-refractivity contribution in [2.24, 2.45) is 0 Å². The number of hydrogen-bond donors (Lipinski definition) is 0. The molecule has 0 aliphatic carbocycles. The summed E-state index contributed by atoms with van der Waals surface area (Å²) in [4.78, 5) is 28.1. The van der Waals surface area contributed by atoms with E-state index in [0.29, 0.717) is 26.5 Å². The molecule has 0 fully saturated rings. The van der Waals surface area contributed by atoms with E-state index in [1.54, 1.807) is 66.5 Å². The molecule has 1 heterocycles. The van der Waals surface area contributed by atoms with Crippen LogP contribution in [-0.2, 0) is 0 Å². The van der Waals surface area contributed by atoms with Crippen molar-refractivity contribution < 1.29 is 4.79 Å². The van der Waals surface area contributed by atoms with Gasteiger partial charge in [0.2, 0.25) is 0 Å². The largest absolute Gasteiger partial charge is 0.333 e. The van der Waals surface area contributed by atoms with E-state index >= 15 is 0 Å². The Labute approximate surface area is 189 Å². The lowest BCUT2D eigenvalue weighted by Crippen LogP contribution is -2.33. The lowest BCUT2D eigenvalue weighted by Gasteiger charge is -2.26. The number of amides is 1. The molecule has 4 rings (SSSR count). The van der Waals surface area contributed by atoms with Crippen molar-refractivity contribution in [3.05, 3.63) is 104 Å². The molecule has 0 saturated carbocycles. The predicted molar refractivity (Wildman–Crippen MR) is 124 cm³/mol. The zero-order chi connectivity index (χ0) is 22.1. The maximum absolute atomic E-state index is 13.5. The molecule has 0 spiro atoms. The minimum atomic E-state index is -0.338. The first-order chi connectivity index (χ1) is 14.9. The topological polar surface area (TPSA) is 55.2 Å². The number of benzene rings is 3. The third-order valence-electron chi connectivity index (χ3n) is 5.32.